The molecular weight excluding hydrogens is 128 g/mol. The van der Waals surface area contributed by atoms with Crippen LogP contribution in [0.2, 0.25) is 0 Å². The van der Waals surface area contributed by atoms with Crippen LogP contribution in [-0.4, -0.2) is 24.6 Å². The highest BCUT2D eigenvalue weighted by Crippen LogP contribution is 2.14. The first-order valence-electron chi connectivity index (χ1n) is 3.55. The molecule has 0 aliphatic carbocycles. The summed E-state index contributed by atoms with van der Waals surface area (Å²) in [5, 5.41) is 1.85. The van der Waals surface area contributed by atoms with Gasteiger partial charge in [0.15, 0.2) is 0 Å². The number of rotatable bonds is 0. The lowest BCUT2D eigenvalue weighted by Crippen LogP contribution is -2.37. The van der Waals surface area contributed by atoms with E-state index in [9.17, 15) is 0 Å². The van der Waals surface area contributed by atoms with Gasteiger partial charge in [0, 0.05) is 31.8 Å². The van der Waals surface area contributed by atoms with Gasteiger partial charge in [-0.2, -0.15) is 0 Å². The lowest BCUT2D eigenvalue weighted by molar-refractivity contribution is 0.296. The summed E-state index contributed by atoms with van der Waals surface area (Å²) in [6, 6.07) is 0. The van der Waals surface area contributed by atoms with Gasteiger partial charge in [-0.3, -0.25) is 5.84 Å². The van der Waals surface area contributed by atoms with E-state index in [4.69, 9.17) is 5.84 Å². The van der Waals surface area contributed by atoms with Gasteiger partial charge in [-0.15, -0.1) is 0 Å². The zero-order valence-electron chi connectivity index (χ0n) is 5.85. The fourth-order valence-electron chi connectivity index (χ4n) is 1.42. The van der Waals surface area contributed by atoms with Crippen molar-refractivity contribution in [2.24, 2.45) is 5.84 Å². The maximum absolute atomic E-state index is 5.63. The van der Waals surface area contributed by atoms with E-state index in [1.807, 2.05) is 5.01 Å². The molecule has 0 fully saturated rings. The summed E-state index contributed by atoms with van der Waals surface area (Å²) in [5.74, 6) is 5.63. The molecule has 4 heteroatoms. The number of nitrogens with one attached hydrogen (secondary N) is 2. The molecule has 2 rings (SSSR count). The van der Waals surface area contributed by atoms with E-state index in [0.29, 0.717) is 0 Å². The average molecular weight is 140 g/mol. The molecule has 2 aliphatic rings. The largest absolute Gasteiger partial charge is 0.325 e. The average Bonchev–Trinajstić information content (AvgIpc) is 2.33. The highest BCUT2D eigenvalue weighted by Gasteiger charge is 2.19. The summed E-state index contributed by atoms with van der Waals surface area (Å²) < 4.78 is 0. The molecule has 2 heterocycles. The molecule has 56 valence electrons. The lowest BCUT2D eigenvalue weighted by atomic mass is 10.1. The molecule has 0 unspecified atom stereocenters. The maximum Gasteiger partial charge on any atom is 0.0391 e. The fourth-order valence-corrected chi connectivity index (χ4v) is 1.42. The monoisotopic (exact) mass is 140 g/mol. The van der Waals surface area contributed by atoms with Crippen molar-refractivity contribution in [3.63, 3.8) is 0 Å². The van der Waals surface area contributed by atoms with E-state index in [1.54, 1.807) is 0 Å². The van der Waals surface area contributed by atoms with Gasteiger partial charge in [-0.1, -0.05) is 0 Å². The van der Waals surface area contributed by atoms with Gasteiger partial charge in [0.25, 0.3) is 0 Å². The van der Waals surface area contributed by atoms with Crippen LogP contribution in [0.4, 0.5) is 0 Å². The minimum absolute atomic E-state index is 0.912. The van der Waals surface area contributed by atoms with E-state index >= 15 is 0 Å². The first-order valence-corrected chi connectivity index (χ1v) is 3.55. The molecule has 0 amide bonds. The Labute approximate surface area is 60.0 Å². The third-order valence-electron chi connectivity index (χ3n) is 2.01. The van der Waals surface area contributed by atoms with Crippen molar-refractivity contribution >= 4 is 0 Å². The van der Waals surface area contributed by atoms with E-state index < -0.39 is 0 Å². The number of hydrazine groups is 2. The molecule has 0 atom stereocenters. The number of nitrogens with two attached hydrogens (primary N) is 1. The Bertz CT molecular complexity index is 175. The van der Waals surface area contributed by atoms with Crippen LogP contribution in [0.1, 0.15) is 6.42 Å². The standard InChI is InChI=1S/C6H12N4/c7-10-2-1-6-5(4-10)3-8-9-6/h8-9H,1-4,7H2. The maximum atomic E-state index is 5.63. The van der Waals surface area contributed by atoms with Crippen molar-refractivity contribution in [3.8, 4) is 0 Å². The smallest absolute Gasteiger partial charge is 0.0391 e. The van der Waals surface area contributed by atoms with Gasteiger partial charge in [-0.25, -0.2) is 10.4 Å². The first kappa shape index (κ1) is 6.15. The van der Waals surface area contributed by atoms with Crippen LogP contribution in [0.5, 0.6) is 0 Å². The number of nitrogens with zero attached hydrogens (tertiary/aromatic N) is 1. The van der Waals surface area contributed by atoms with Crippen LogP contribution in [0.3, 0.4) is 0 Å². The summed E-state index contributed by atoms with van der Waals surface area (Å²) >= 11 is 0. The Balaban J connectivity index is 2.13. The predicted molar refractivity (Wildman–Crippen MR) is 38.5 cm³/mol. The lowest BCUT2D eigenvalue weighted by Gasteiger charge is -2.22. The van der Waals surface area contributed by atoms with Crippen molar-refractivity contribution in [1.29, 1.82) is 0 Å². The Kier molecular flexibility index (Phi) is 1.37. The zero-order chi connectivity index (χ0) is 6.97. The molecule has 0 saturated heterocycles. The zero-order valence-corrected chi connectivity index (χ0v) is 5.85. The Morgan fingerprint density at radius 1 is 1.50 bits per heavy atom. The second-order valence-corrected chi connectivity index (χ2v) is 2.78. The van der Waals surface area contributed by atoms with Gasteiger partial charge in [0.2, 0.25) is 0 Å². The second-order valence-electron chi connectivity index (χ2n) is 2.78. The molecular formula is C6H12N4. The van der Waals surface area contributed by atoms with Crippen LogP contribution in [-0.2, 0) is 0 Å². The molecule has 0 aromatic rings. The topological polar surface area (TPSA) is 53.3 Å². The third-order valence-corrected chi connectivity index (χ3v) is 2.01. The second kappa shape index (κ2) is 2.23. The van der Waals surface area contributed by atoms with Crippen LogP contribution >= 0.6 is 0 Å². The number of hydrogen-bond acceptors (Lipinski definition) is 4. The normalized spacial score (nSPS) is 26.5. The van der Waals surface area contributed by atoms with Crippen LogP contribution in [0, 0.1) is 0 Å². The Hall–Kier alpha value is -0.580. The van der Waals surface area contributed by atoms with Crippen molar-refractivity contribution in [3.05, 3.63) is 11.3 Å². The summed E-state index contributed by atoms with van der Waals surface area (Å²) in [5.41, 5.74) is 8.96. The molecule has 10 heavy (non-hydrogen) atoms. The van der Waals surface area contributed by atoms with Crippen molar-refractivity contribution < 1.29 is 0 Å². The van der Waals surface area contributed by atoms with Gasteiger partial charge in [0.05, 0.1) is 0 Å². The first-order chi connectivity index (χ1) is 4.86. The summed E-state index contributed by atoms with van der Waals surface area (Å²) in [7, 11) is 0. The van der Waals surface area contributed by atoms with Gasteiger partial charge < -0.3 is 5.43 Å². The molecule has 4 nitrogen and oxygen atoms in total. The van der Waals surface area contributed by atoms with Gasteiger partial charge >= 0.3 is 0 Å². The predicted octanol–water partition coefficient (Wildman–Crippen LogP) is -1.07. The third kappa shape index (κ3) is 0.901. The fraction of sp³-hybridized carbons (Fsp3) is 0.667. The SMILES string of the molecule is NN1CCC2=C(CNN2)C1. The summed E-state index contributed by atoms with van der Waals surface area (Å²) in [6.07, 6.45) is 1.05. The van der Waals surface area contributed by atoms with Crippen LogP contribution < -0.4 is 16.7 Å². The number of hydrogen-bond donors (Lipinski definition) is 3. The molecule has 0 saturated carbocycles. The molecule has 0 radical (unpaired) electrons. The Morgan fingerprint density at radius 3 is 3.30 bits per heavy atom. The molecule has 0 bridgehead atoms. The Morgan fingerprint density at radius 2 is 2.40 bits per heavy atom. The minimum atomic E-state index is 0.912. The van der Waals surface area contributed by atoms with Gasteiger partial charge in [0.1, 0.15) is 0 Å². The molecule has 0 aromatic heterocycles. The van der Waals surface area contributed by atoms with Crippen molar-refractivity contribution in [2.75, 3.05) is 19.6 Å². The highest BCUT2D eigenvalue weighted by atomic mass is 15.4. The van der Waals surface area contributed by atoms with E-state index in [1.165, 1.54) is 11.3 Å². The minimum Gasteiger partial charge on any atom is -0.325 e. The quantitative estimate of drug-likeness (QED) is 0.375. The van der Waals surface area contributed by atoms with E-state index in [2.05, 4.69) is 10.9 Å². The molecule has 0 spiro atoms. The molecule has 4 N–H and O–H groups in total. The molecule has 2 aliphatic heterocycles. The van der Waals surface area contributed by atoms with Gasteiger partial charge in [-0.05, 0) is 5.57 Å². The van der Waals surface area contributed by atoms with Crippen LogP contribution in [0.15, 0.2) is 11.3 Å². The van der Waals surface area contributed by atoms with Crippen molar-refractivity contribution in [1.82, 2.24) is 15.9 Å². The summed E-state index contributed by atoms with van der Waals surface area (Å²) in [6.45, 7) is 2.83. The van der Waals surface area contributed by atoms with E-state index in [0.717, 1.165) is 26.1 Å². The van der Waals surface area contributed by atoms with E-state index in [-0.39, 0.29) is 0 Å². The van der Waals surface area contributed by atoms with Crippen LogP contribution in [0.25, 0.3) is 0 Å². The highest BCUT2D eigenvalue weighted by molar-refractivity contribution is 5.21. The van der Waals surface area contributed by atoms with Crippen molar-refractivity contribution in [2.45, 2.75) is 6.42 Å². The molecule has 0 aromatic carbocycles. The summed E-state index contributed by atoms with van der Waals surface area (Å²) in [4.78, 5) is 0.